The molecule has 7 heteroatoms. The first-order chi connectivity index (χ1) is 8.61. The molecule has 18 heavy (non-hydrogen) atoms. The van der Waals surface area contributed by atoms with E-state index in [1.54, 1.807) is 6.92 Å². The van der Waals surface area contributed by atoms with E-state index in [2.05, 4.69) is 4.98 Å². The maximum absolute atomic E-state index is 10.9. The highest BCUT2D eigenvalue weighted by Gasteiger charge is 2.22. The monoisotopic (exact) mass is 252 g/mol. The van der Waals surface area contributed by atoms with Crippen LogP contribution in [0, 0.1) is 17.0 Å². The van der Waals surface area contributed by atoms with Crippen LogP contribution in [0.25, 0.3) is 0 Å². The van der Waals surface area contributed by atoms with Crippen molar-refractivity contribution in [3.05, 3.63) is 27.9 Å². The summed E-state index contributed by atoms with van der Waals surface area (Å²) in [4.78, 5) is 16.7. The molecule has 0 spiro atoms. The highest BCUT2D eigenvalue weighted by atomic mass is 16.6. The molecule has 1 saturated heterocycles. The van der Waals surface area contributed by atoms with Crippen LogP contribution in [0.15, 0.2) is 12.3 Å². The number of rotatable bonds is 3. The first-order valence-corrected chi connectivity index (χ1v) is 5.79. The third-order valence-corrected chi connectivity index (χ3v) is 2.98. The highest BCUT2D eigenvalue weighted by Crippen LogP contribution is 2.23. The van der Waals surface area contributed by atoms with Crippen LogP contribution in [-0.2, 0) is 4.74 Å². The summed E-state index contributed by atoms with van der Waals surface area (Å²) in [6, 6.07) is 1.51. The van der Waals surface area contributed by atoms with E-state index in [4.69, 9.17) is 10.5 Å². The predicted octanol–water partition coefficient (Wildman–Crippen LogP) is 0.462. The molecular weight excluding hydrogens is 236 g/mol. The van der Waals surface area contributed by atoms with Crippen molar-refractivity contribution in [3.8, 4) is 0 Å². The molecule has 0 aliphatic carbocycles. The lowest BCUT2D eigenvalue weighted by atomic mass is 10.2. The molecule has 98 valence electrons. The Morgan fingerprint density at radius 2 is 2.50 bits per heavy atom. The van der Waals surface area contributed by atoms with E-state index in [0.717, 1.165) is 0 Å². The van der Waals surface area contributed by atoms with Crippen LogP contribution in [0.4, 0.5) is 11.5 Å². The van der Waals surface area contributed by atoms with E-state index in [0.29, 0.717) is 37.6 Å². The van der Waals surface area contributed by atoms with E-state index in [9.17, 15) is 10.1 Å². The number of aryl methyl sites for hydroxylation is 1. The second-order valence-corrected chi connectivity index (χ2v) is 4.26. The van der Waals surface area contributed by atoms with Gasteiger partial charge in [-0.05, 0) is 6.92 Å². The number of ether oxygens (including phenoxy) is 1. The van der Waals surface area contributed by atoms with Crippen LogP contribution < -0.4 is 10.6 Å². The van der Waals surface area contributed by atoms with Gasteiger partial charge in [0.25, 0.3) is 5.69 Å². The smallest absolute Gasteiger partial charge is 0.277 e. The number of nitrogens with two attached hydrogens (primary N) is 1. The quantitative estimate of drug-likeness (QED) is 0.620. The second-order valence-electron chi connectivity index (χ2n) is 4.26. The molecule has 2 heterocycles. The van der Waals surface area contributed by atoms with Crippen LogP contribution >= 0.6 is 0 Å². The SMILES string of the molecule is Cc1cnc(N2CCOC(CN)C2)cc1[N+](=O)[O-]. The van der Waals surface area contributed by atoms with Crippen LogP contribution in [-0.4, -0.2) is 42.3 Å². The van der Waals surface area contributed by atoms with Crippen molar-refractivity contribution in [3.63, 3.8) is 0 Å². The van der Waals surface area contributed by atoms with Crippen LogP contribution in [0.3, 0.4) is 0 Å². The Kier molecular flexibility index (Phi) is 3.73. The molecule has 1 aromatic rings. The minimum Gasteiger partial charge on any atom is -0.373 e. The Morgan fingerprint density at radius 3 is 3.17 bits per heavy atom. The van der Waals surface area contributed by atoms with Gasteiger partial charge in [0.1, 0.15) is 5.82 Å². The van der Waals surface area contributed by atoms with Gasteiger partial charge in [-0.25, -0.2) is 4.98 Å². The Balaban J connectivity index is 2.22. The molecule has 2 rings (SSSR count). The number of hydrogen-bond donors (Lipinski definition) is 1. The summed E-state index contributed by atoms with van der Waals surface area (Å²) in [5, 5.41) is 10.9. The number of nitro groups is 1. The van der Waals surface area contributed by atoms with Crippen molar-refractivity contribution in [2.45, 2.75) is 13.0 Å². The van der Waals surface area contributed by atoms with Crippen molar-refractivity contribution >= 4 is 11.5 Å². The molecule has 2 N–H and O–H groups in total. The molecule has 1 unspecified atom stereocenters. The summed E-state index contributed by atoms with van der Waals surface area (Å²) < 4.78 is 5.45. The summed E-state index contributed by atoms with van der Waals surface area (Å²) in [6.07, 6.45) is 1.49. The Hall–Kier alpha value is -1.73. The molecule has 1 aliphatic heterocycles. The molecule has 1 atom stereocenters. The van der Waals surface area contributed by atoms with Gasteiger partial charge >= 0.3 is 0 Å². The van der Waals surface area contributed by atoms with Gasteiger partial charge in [0.05, 0.1) is 23.7 Å². The van der Waals surface area contributed by atoms with Crippen LogP contribution in [0.1, 0.15) is 5.56 Å². The summed E-state index contributed by atoms with van der Waals surface area (Å²) in [5.41, 5.74) is 6.22. The average molecular weight is 252 g/mol. The molecule has 0 bridgehead atoms. The molecule has 0 saturated carbocycles. The van der Waals surface area contributed by atoms with E-state index >= 15 is 0 Å². The van der Waals surface area contributed by atoms with Crippen molar-refractivity contribution in [2.24, 2.45) is 5.73 Å². The van der Waals surface area contributed by atoms with E-state index in [1.807, 2.05) is 4.90 Å². The predicted molar refractivity (Wildman–Crippen MR) is 66.6 cm³/mol. The third-order valence-electron chi connectivity index (χ3n) is 2.98. The Morgan fingerprint density at radius 1 is 1.72 bits per heavy atom. The largest absolute Gasteiger partial charge is 0.373 e. The van der Waals surface area contributed by atoms with Gasteiger partial charge in [0.2, 0.25) is 0 Å². The Labute approximate surface area is 105 Å². The maximum Gasteiger partial charge on any atom is 0.277 e. The molecule has 1 aromatic heterocycles. The molecule has 0 radical (unpaired) electrons. The van der Waals surface area contributed by atoms with Crippen molar-refractivity contribution in [2.75, 3.05) is 31.1 Å². The van der Waals surface area contributed by atoms with Crippen molar-refractivity contribution in [1.82, 2.24) is 4.98 Å². The summed E-state index contributed by atoms with van der Waals surface area (Å²) in [5.74, 6) is 0.606. The second kappa shape index (κ2) is 5.28. The highest BCUT2D eigenvalue weighted by molar-refractivity contribution is 5.50. The topological polar surface area (TPSA) is 94.5 Å². The van der Waals surface area contributed by atoms with Crippen molar-refractivity contribution < 1.29 is 9.66 Å². The third kappa shape index (κ3) is 2.57. The van der Waals surface area contributed by atoms with E-state index < -0.39 is 0 Å². The average Bonchev–Trinajstić information content (AvgIpc) is 2.39. The lowest BCUT2D eigenvalue weighted by molar-refractivity contribution is -0.385. The van der Waals surface area contributed by atoms with Gasteiger partial charge in [0.15, 0.2) is 0 Å². The van der Waals surface area contributed by atoms with Gasteiger partial charge in [-0.3, -0.25) is 10.1 Å². The molecular formula is C11H16N4O3. The fraction of sp³-hybridized carbons (Fsp3) is 0.545. The number of nitrogens with zero attached hydrogens (tertiary/aromatic N) is 3. The first-order valence-electron chi connectivity index (χ1n) is 5.79. The fourth-order valence-corrected chi connectivity index (χ4v) is 1.94. The maximum atomic E-state index is 10.9. The number of hydrogen-bond acceptors (Lipinski definition) is 6. The van der Waals surface area contributed by atoms with E-state index in [1.165, 1.54) is 12.3 Å². The lowest BCUT2D eigenvalue weighted by Crippen LogP contribution is -2.46. The van der Waals surface area contributed by atoms with Gasteiger partial charge in [-0.2, -0.15) is 0 Å². The lowest BCUT2D eigenvalue weighted by Gasteiger charge is -2.33. The fourth-order valence-electron chi connectivity index (χ4n) is 1.94. The first kappa shape index (κ1) is 12.7. The minimum absolute atomic E-state index is 0.0408. The zero-order chi connectivity index (χ0) is 13.1. The van der Waals surface area contributed by atoms with Gasteiger partial charge in [-0.1, -0.05) is 0 Å². The molecule has 1 fully saturated rings. The van der Waals surface area contributed by atoms with Crippen LogP contribution in [0.5, 0.6) is 0 Å². The van der Waals surface area contributed by atoms with Gasteiger partial charge in [0, 0.05) is 31.4 Å². The van der Waals surface area contributed by atoms with Gasteiger partial charge < -0.3 is 15.4 Å². The summed E-state index contributed by atoms with van der Waals surface area (Å²) >= 11 is 0. The normalized spacial score (nSPS) is 19.9. The number of morpholine rings is 1. The summed E-state index contributed by atoms with van der Waals surface area (Å²) in [6.45, 7) is 3.96. The van der Waals surface area contributed by atoms with E-state index in [-0.39, 0.29) is 16.7 Å². The standard InChI is InChI=1S/C11H16N4O3/c1-8-6-13-11(4-10(8)15(16)17)14-2-3-18-9(5-12)7-14/h4,6,9H,2-3,5,7,12H2,1H3. The van der Waals surface area contributed by atoms with Gasteiger partial charge in [-0.15, -0.1) is 0 Å². The Bertz CT molecular complexity index is 452. The zero-order valence-corrected chi connectivity index (χ0v) is 10.2. The number of anilines is 1. The molecule has 0 amide bonds. The molecule has 0 aromatic carbocycles. The van der Waals surface area contributed by atoms with Crippen LogP contribution in [0.2, 0.25) is 0 Å². The van der Waals surface area contributed by atoms with Crippen molar-refractivity contribution in [1.29, 1.82) is 0 Å². The number of pyridine rings is 1. The zero-order valence-electron chi connectivity index (χ0n) is 10.2. The minimum atomic E-state index is -0.388. The summed E-state index contributed by atoms with van der Waals surface area (Å²) in [7, 11) is 0. The molecule has 1 aliphatic rings. The number of aromatic nitrogens is 1. The molecule has 7 nitrogen and oxygen atoms in total.